The monoisotopic (exact) mass is 260 g/mol. The highest BCUT2D eigenvalue weighted by molar-refractivity contribution is 5.77. The van der Waals surface area contributed by atoms with E-state index in [0.717, 1.165) is 23.3 Å². The van der Waals surface area contributed by atoms with Crippen molar-refractivity contribution in [2.24, 2.45) is 0 Å². The molecule has 2 aromatic rings. The Hall–Kier alpha value is -1.88. The molecule has 1 aromatic heterocycles. The summed E-state index contributed by atoms with van der Waals surface area (Å²) in [6.07, 6.45) is 1.29. The molecule has 1 unspecified atom stereocenters. The van der Waals surface area contributed by atoms with E-state index in [4.69, 9.17) is 0 Å². The van der Waals surface area contributed by atoms with Gasteiger partial charge in [-0.05, 0) is 25.6 Å². The van der Waals surface area contributed by atoms with Crippen LogP contribution in [0, 0.1) is 0 Å². The zero-order valence-electron chi connectivity index (χ0n) is 11.4. The summed E-state index contributed by atoms with van der Waals surface area (Å²) < 4.78 is 0. The summed E-state index contributed by atoms with van der Waals surface area (Å²) in [7, 11) is 1.84. The molecule has 0 radical (unpaired) electrons. The Balaban J connectivity index is 2.10. The minimum Gasteiger partial charge on any atom is -0.346 e. The fourth-order valence-electron chi connectivity index (χ4n) is 2.01. The number of aromatic amines is 1. The van der Waals surface area contributed by atoms with Crippen LogP contribution in [0.3, 0.4) is 0 Å². The minimum atomic E-state index is -0.0586. The maximum atomic E-state index is 11.8. The van der Waals surface area contributed by atoms with Crippen LogP contribution in [-0.4, -0.2) is 29.5 Å². The Morgan fingerprint density at radius 1 is 1.42 bits per heavy atom. The molecule has 1 atom stereocenters. The molecule has 0 spiro atoms. The molecule has 5 nitrogen and oxygen atoms in total. The summed E-state index contributed by atoms with van der Waals surface area (Å²) in [4.78, 5) is 19.6. The number of amides is 1. The van der Waals surface area contributed by atoms with Crippen LogP contribution in [0.15, 0.2) is 24.3 Å². The molecular weight excluding hydrogens is 240 g/mol. The van der Waals surface area contributed by atoms with Gasteiger partial charge in [0, 0.05) is 13.0 Å². The van der Waals surface area contributed by atoms with Gasteiger partial charge in [-0.3, -0.25) is 4.79 Å². The average molecular weight is 260 g/mol. The maximum Gasteiger partial charge on any atom is 0.221 e. The van der Waals surface area contributed by atoms with Crippen molar-refractivity contribution in [2.45, 2.75) is 25.8 Å². The maximum absolute atomic E-state index is 11.8. The molecule has 0 bridgehead atoms. The fourth-order valence-corrected chi connectivity index (χ4v) is 2.01. The van der Waals surface area contributed by atoms with Crippen molar-refractivity contribution in [3.05, 3.63) is 30.1 Å². The summed E-state index contributed by atoms with van der Waals surface area (Å²) in [6.45, 7) is 2.72. The number of benzene rings is 1. The SMILES string of the molecule is CCC(NC(=O)CCNC)c1nc2ccccc2[nH]1. The third kappa shape index (κ3) is 3.32. The molecule has 0 aliphatic carbocycles. The van der Waals surface area contributed by atoms with Gasteiger partial charge in [-0.1, -0.05) is 19.1 Å². The van der Waals surface area contributed by atoms with Crippen molar-refractivity contribution in [2.75, 3.05) is 13.6 Å². The minimum absolute atomic E-state index is 0.0432. The largest absolute Gasteiger partial charge is 0.346 e. The predicted octanol–water partition coefficient (Wildman–Crippen LogP) is 1.74. The van der Waals surface area contributed by atoms with Crippen LogP contribution in [0.2, 0.25) is 0 Å². The van der Waals surface area contributed by atoms with E-state index in [2.05, 4.69) is 20.6 Å². The summed E-state index contributed by atoms with van der Waals surface area (Å²) in [5.74, 6) is 0.864. The first-order chi connectivity index (χ1) is 9.24. The number of nitrogens with one attached hydrogen (secondary N) is 3. The van der Waals surface area contributed by atoms with Crippen molar-refractivity contribution in [1.29, 1.82) is 0 Å². The van der Waals surface area contributed by atoms with Gasteiger partial charge in [-0.2, -0.15) is 0 Å². The third-order valence-electron chi connectivity index (χ3n) is 3.08. The zero-order chi connectivity index (χ0) is 13.7. The van der Waals surface area contributed by atoms with Gasteiger partial charge in [0.05, 0.1) is 17.1 Å². The highest BCUT2D eigenvalue weighted by Crippen LogP contribution is 2.18. The number of H-pyrrole nitrogens is 1. The van der Waals surface area contributed by atoms with Gasteiger partial charge in [0.25, 0.3) is 0 Å². The Labute approximate surface area is 112 Å². The quantitative estimate of drug-likeness (QED) is 0.741. The number of rotatable bonds is 6. The van der Waals surface area contributed by atoms with Crippen LogP contribution in [0.4, 0.5) is 0 Å². The zero-order valence-corrected chi connectivity index (χ0v) is 11.4. The first kappa shape index (κ1) is 13.5. The summed E-state index contributed by atoms with van der Waals surface area (Å²) in [5.41, 5.74) is 1.93. The third-order valence-corrected chi connectivity index (χ3v) is 3.08. The number of aromatic nitrogens is 2. The molecule has 0 aliphatic heterocycles. The second-order valence-corrected chi connectivity index (χ2v) is 4.52. The number of nitrogens with zero attached hydrogens (tertiary/aromatic N) is 1. The predicted molar refractivity (Wildman–Crippen MR) is 75.8 cm³/mol. The molecule has 3 N–H and O–H groups in total. The topological polar surface area (TPSA) is 69.8 Å². The number of carbonyl (C=O) groups is 1. The fraction of sp³-hybridized carbons (Fsp3) is 0.429. The van der Waals surface area contributed by atoms with E-state index >= 15 is 0 Å². The van der Waals surface area contributed by atoms with E-state index in [9.17, 15) is 4.79 Å². The first-order valence-electron chi connectivity index (χ1n) is 6.63. The van der Waals surface area contributed by atoms with E-state index in [1.807, 2.05) is 38.2 Å². The van der Waals surface area contributed by atoms with Gasteiger partial charge in [-0.25, -0.2) is 4.98 Å². The Bertz CT molecular complexity index is 516. The molecule has 102 valence electrons. The second kappa shape index (κ2) is 6.33. The molecule has 0 saturated carbocycles. The van der Waals surface area contributed by atoms with E-state index in [1.54, 1.807) is 0 Å². The lowest BCUT2D eigenvalue weighted by Gasteiger charge is -2.14. The van der Waals surface area contributed by atoms with Gasteiger partial charge < -0.3 is 15.6 Å². The Morgan fingerprint density at radius 3 is 2.89 bits per heavy atom. The number of hydrogen-bond acceptors (Lipinski definition) is 3. The smallest absolute Gasteiger partial charge is 0.221 e. The van der Waals surface area contributed by atoms with Crippen LogP contribution in [0.5, 0.6) is 0 Å². The molecule has 1 aromatic carbocycles. The van der Waals surface area contributed by atoms with Gasteiger partial charge in [0.1, 0.15) is 5.82 Å². The van der Waals surface area contributed by atoms with Crippen LogP contribution in [0.25, 0.3) is 11.0 Å². The van der Waals surface area contributed by atoms with Crippen LogP contribution in [-0.2, 0) is 4.79 Å². The normalized spacial score (nSPS) is 12.5. The Kier molecular flexibility index (Phi) is 4.52. The van der Waals surface area contributed by atoms with Gasteiger partial charge in [-0.15, -0.1) is 0 Å². The second-order valence-electron chi connectivity index (χ2n) is 4.52. The lowest BCUT2D eigenvalue weighted by atomic mass is 10.2. The lowest BCUT2D eigenvalue weighted by molar-refractivity contribution is -0.121. The standard InChI is InChI=1S/C14H20N4O/c1-3-10(16-13(19)8-9-15-2)14-17-11-6-4-5-7-12(11)18-14/h4-7,10,15H,3,8-9H2,1-2H3,(H,16,19)(H,17,18). The van der Waals surface area contributed by atoms with Crippen LogP contribution in [0.1, 0.15) is 31.6 Å². The first-order valence-corrected chi connectivity index (χ1v) is 6.63. The molecular formula is C14H20N4O. The summed E-state index contributed by atoms with van der Waals surface area (Å²) >= 11 is 0. The van der Waals surface area contributed by atoms with Crippen molar-refractivity contribution in [1.82, 2.24) is 20.6 Å². The molecule has 0 aliphatic rings. The molecule has 0 fully saturated rings. The summed E-state index contributed by atoms with van der Waals surface area (Å²) in [6, 6.07) is 7.82. The lowest BCUT2D eigenvalue weighted by Crippen LogP contribution is -2.30. The number of para-hydroxylation sites is 2. The van der Waals surface area contributed by atoms with Crippen molar-refractivity contribution in [3.8, 4) is 0 Å². The van der Waals surface area contributed by atoms with Crippen molar-refractivity contribution < 1.29 is 4.79 Å². The summed E-state index contributed by atoms with van der Waals surface area (Å²) in [5, 5.41) is 5.97. The van der Waals surface area contributed by atoms with Crippen LogP contribution >= 0.6 is 0 Å². The molecule has 19 heavy (non-hydrogen) atoms. The van der Waals surface area contributed by atoms with E-state index in [-0.39, 0.29) is 11.9 Å². The van der Waals surface area contributed by atoms with Crippen LogP contribution < -0.4 is 10.6 Å². The number of imidazole rings is 1. The molecule has 1 amide bonds. The number of fused-ring (bicyclic) bond motifs is 1. The van der Waals surface area contributed by atoms with Crippen molar-refractivity contribution >= 4 is 16.9 Å². The highest BCUT2D eigenvalue weighted by atomic mass is 16.1. The van der Waals surface area contributed by atoms with E-state index in [0.29, 0.717) is 13.0 Å². The van der Waals surface area contributed by atoms with E-state index in [1.165, 1.54) is 0 Å². The number of carbonyl (C=O) groups excluding carboxylic acids is 1. The highest BCUT2D eigenvalue weighted by Gasteiger charge is 2.15. The van der Waals surface area contributed by atoms with Gasteiger partial charge >= 0.3 is 0 Å². The average Bonchev–Trinajstić information content (AvgIpc) is 2.86. The Morgan fingerprint density at radius 2 is 2.21 bits per heavy atom. The molecule has 0 saturated heterocycles. The molecule has 1 heterocycles. The van der Waals surface area contributed by atoms with Gasteiger partial charge in [0.2, 0.25) is 5.91 Å². The van der Waals surface area contributed by atoms with Crippen molar-refractivity contribution in [3.63, 3.8) is 0 Å². The van der Waals surface area contributed by atoms with Gasteiger partial charge in [0.15, 0.2) is 0 Å². The molecule has 5 heteroatoms. The molecule has 2 rings (SSSR count). The van der Waals surface area contributed by atoms with E-state index < -0.39 is 0 Å². The number of hydrogen-bond donors (Lipinski definition) is 3.